The Morgan fingerprint density at radius 2 is 1.91 bits per heavy atom. The summed E-state index contributed by atoms with van der Waals surface area (Å²) >= 11 is 0. The van der Waals surface area contributed by atoms with Crippen molar-refractivity contribution >= 4 is 23.0 Å². The van der Waals surface area contributed by atoms with Gasteiger partial charge >= 0.3 is 0 Å². The molecule has 110 valence electrons. The Morgan fingerprint density at radius 1 is 1.18 bits per heavy atom. The van der Waals surface area contributed by atoms with Crippen LogP contribution >= 0.6 is 0 Å². The van der Waals surface area contributed by atoms with Crippen molar-refractivity contribution in [2.24, 2.45) is 12.1 Å². The number of aromatic hydroxyl groups is 1. The monoisotopic (exact) mass is 293 g/mol. The summed E-state index contributed by atoms with van der Waals surface area (Å²) in [5.74, 6) is -0.202. The fourth-order valence-corrected chi connectivity index (χ4v) is 2.31. The molecule has 0 aliphatic carbocycles. The van der Waals surface area contributed by atoms with Gasteiger partial charge in [0, 0.05) is 35.3 Å². The zero-order chi connectivity index (χ0) is 15.5. The quantitative estimate of drug-likeness (QED) is 0.576. The molecule has 0 aliphatic rings. The summed E-state index contributed by atoms with van der Waals surface area (Å²) in [5, 5.41) is 14.3. The average molecular weight is 293 g/mol. The second-order valence-corrected chi connectivity index (χ2v) is 4.96. The Labute approximate surface area is 127 Å². The molecule has 0 bridgehead atoms. The molecule has 22 heavy (non-hydrogen) atoms. The number of hydrogen-bond donors (Lipinski definition) is 2. The number of fused-ring (bicyclic) bond motifs is 1. The molecule has 1 amide bonds. The van der Waals surface area contributed by atoms with Crippen molar-refractivity contribution in [1.29, 1.82) is 0 Å². The lowest BCUT2D eigenvalue weighted by molar-refractivity contribution is 0.0955. The highest BCUT2D eigenvalue weighted by Gasteiger charge is 2.05. The lowest BCUT2D eigenvalue weighted by Crippen LogP contribution is -2.17. The van der Waals surface area contributed by atoms with Crippen LogP contribution in [0.1, 0.15) is 15.9 Å². The van der Waals surface area contributed by atoms with Gasteiger partial charge in [-0.2, -0.15) is 5.10 Å². The molecular formula is C17H15N3O2. The van der Waals surface area contributed by atoms with E-state index in [-0.39, 0.29) is 11.7 Å². The maximum Gasteiger partial charge on any atom is 0.271 e. The van der Waals surface area contributed by atoms with E-state index in [1.165, 1.54) is 24.3 Å². The van der Waals surface area contributed by atoms with Crippen LogP contribution in [0.3, 0.4) is 0 Å². The predicted octanol–water partition coefficient (Wildman–Crippen LogP) is 2.65. The third kappa shape index (κ3) is 2.69. The molecule has 0 atom stereocenters. The average Bonchev–Trinajstić information content (AvgIpc) is 2.85. The molecule has 1 heterocycles. The first kappa shape index (κ1) is 13.9. The lowest BCUT2D eigenvalue weighted by atomic mass is 10.2. The van der Waals surface area contributed by atoms with Gasteiger partial charge in [-0.25, -0.2) is 5.43 Å². The molecule has 5 heteroatoms. The Hall–Kier alpha value is -3.08. The summed E-state index contributed by atoms with van der Waals surface area (Å²) in [4.78, 5) is 11.9. The number of benzene rings is 2. The molecule has 0 saturated heterocycles. The predicted molar refractivity (Wildman–Crippen MR) is 86.1 cm³/mol. The number of nitrogens with one attached hydrogen (secondary N) is 1. The first-order valence-corrected chi connectivity index (χ1v) is 6.81. The molecule has 3 rings (SSSR count). The number of aryl methyl sites for hydroxylation is 1. The minimum absolute atomic E-state index is 0.121. The van der Waals surface area contributed by atoms with Gasteiger partial charge < -0.3 is 9.67 Å². The molecule has 0 fully saturated rings. The molecule has 3 aromatic rings. The summed E-state index contributed by atoms with van der Waals surface area (Å²) in [7, 11) is 1.97. The molecule has 1 aromatic heterocycles. The van der Waals surface area contributed by atoms with Crippen molar-refractivity contribution in [2.75, 3.05) is 0 Å². The second-order valence-electron chi connectivity index (χ2n) is 4.96. The number of carbonyl (C=O) groups is 1. The number of hydrazone groups is 1. The van der Waals surface area contributed by atoms with Crippen LogP contribution in [0, 0.1) is 0 Å². The van der Waals surface area contributed by atoms with Gasteiger partial charge in [0.25, 0.3) is 5.91 Å². The molecule has 0 saturated carbocycles. The Morgan fingerprint density at radius 3 is 2.68 bits per heavy atom. The molecule has 0 aliphatic heterocycles. The van der Waals surface area contributed by atoms with Gasteiger partial charge in [-0.15, -0.1) is 0 Å². The lowest BCUT2D eigenvalue weighted by Gasteiger charge is -1.99. The number of phenols is 1. The number of nitrogens with zero attached hydrogens (tertiary/aromatic N) is 2. The van der Waals surface area contributed by atoms with E-state index in [1.54, 1.807) is 6.21 Å². The Kier molecular flexibility index (Phi) is 3.62. The number of phenolic OH excluding ortho intramolecular Hbond substituents is 1. The highest BCUT2D eigenvalue weighted by molar-refractivity contribution is 6.00. The molecular weight excluding hydrogens is 278 g/mol. The van der Waals surface area contributed by atoms with Gasteiger partial charge in [-0.05, 0) is 30.3 Å². The molecule has 0 spiro atoms. The van der Waals surface area contributed by atoms with E-state index in [1.807, 2.05) is 42.1 Å². The van der Waals surface area contributed by atoms with Crippen LogP contribution in [0.15, 0.2) is 59.8 Å². The number of para-hydroxylation sites is 1. The zero-order valence-electron chi connectivity index (χ0n) is 12.0. The van der Waals surface area contributed by atoms with Crippen molar-refractivity contribution in [1.82, 2.24) is 9.99 Å². The number of carbonyl (C=O) groups excluding carboxylic acids is 1. The topological polar surface area (TPSA) is 66.6 Å². The van der Waals surface area contributed by atoms with Crippen LogP contribution in [0.2, 0.25) is 0 Å². The summed E-state index contributed by atoms with van der Waals surface area (Å²) < 4.78 is 2.01. The van der Waals surface area contributed by atoms with E-state index < -0.39 is 0 Å². The van der Waals surface area contributed by atoms with Crippen molar-refractivity contribution in [3.63, 3.8) is 0 Å². The van der Waals surface area contributed by atoms with Crippen LogP contribution < -0.4 is 5.43 Å². The molecule has 0 unspecified atom stereocenters. The zero-order valence-corrected chi connectivity index (χ0v) is 12.0. The van der Waals surface area contributed by atoms with Crippen molar-refractivity contribution in [3.05, 3.63) is 65.9 Å². The molecule has 5 nitrogen and oxygen atoms in total. The van der Waals surface area contributed by atoms with E-state index in [4.69, 9.17) is 0 Å². The van der Waals surface area contributed by atoms with Gasteiger partial charge in [0.2, 0.25) is 0 Å². The largest absolute Gasteiger partial charge is 0.508 e. The van der Waals surface area contributed by atoms with Crippen LogP contribution in [0.5, 0.6) is 5.75 Å². The van der Waals surface area contributed by atoms with E-state index in [0.29, 0.717) is 5.56 Å². The fraction of sp³-hybridized carbons (Fsp3) is 0.0588. The van der Waals surface area contributed by atoms with Crippen LogP contribution in [0.25, 0.3) is 10.9 Å². The number of aromatic nitrogens is 1. The minimum Gasteiger partial charge on any atom is -0.508 e. The number of amides is 1. The van der Waals surface area contributed by atoms with Crippen LogP contribution in [-0.2, 0) is 7.05 Å². The van der Waals surface area contributed by atoms with Gasteiger partial charge in [0.05, 0.1) is 6.21 Å². The van der Waals surface area contributed by atoms with Crippen molar-refractivity contribution in [3.8, 4) is 5.75 Å². The highest BCUT2D eigenvalue weighted by Crippen LogP contribution is 2.18. The van der Waals surface area contributed by atoms with Crippen LogP contribution in [0.4, 0.5) is 0 Å². The van der Waals surface area contributed by atoms with Gasteiger partial charge in [0.15, 0.2) is 0 Å². The molecule has 2 aromatic carbocycles. The van der Waals surface area contributed by atoms with Gasteiger partial charge in [-0.3, -0.25) is 4.79 Å². The summed E-state index contributed by atoms with van der Waals surface area (Å²) in [6.07, 6.45) is 3.58. The van der Waals surface area contributed by atoms with E-state index in [9.17, 15) is 9.90 Å². The van der Waals surface area contributed by atoms with E-state index >= 15 is 0 Å². The SMILES string of the molecule is Cn1cc(/C=N\NC(=O)c2ccc(O)cc2)c2ccccc21. The maximum atomic E-state index is 11.9. The van der Waals surface area contributed by atoms with Crippen molar-refractivity contribution < 1.29 is 9.90 Å². The summed E-state index contributed by atoms with van der Waals surface area (Å²) in [6.45, 7) is 0. The maximum absolute atomic E-state index is 11.9. The van der Waals surface area contributed by atoms with Crippen LogP contribution in [-0.4, -0.2) is 21.8 Å². The smallest absolute Gasteiger partial charge is 0.271 e. The molecule has 0 radical (unpaired) electrons. The minimum atomic E-state index is -0.323. The molecule has 2 N–H and O–H groups in total. The second kappa shape index (κ2) is 5.73. The van der Waals surface area contributed by atoms with Gasteiger partial charge in [0.1, 0.15) is 5.75 Å². The first-order valence-electron chi connectivity index (χ1n) is 6.81. The summed E-state index contributed by atoms with van der Waals surface area (Å²) in [5.41, 5.74) is 4.96. The summed E-state index contributed by atoms with van der Waals surface area (Å²) in [6, 6.07) is 14.0. The van der Waals surface area contributed by atoms with Crippen molar-refractivity contribution in [2.45, 2.75) is 0 Å². The Balaban J connectivity index is 1.76. The first-order chi connectivity index (χ1) is 10.6. The van der Waals surface area contributed by atoms with E-state index in [0.717, 1.165) is 16.5 Å². The normalized spacial score (nSPS) is 11.1. The van der Waals surface area contributed by atoms with Gasteiger partial charge in [-0.1, -0.05) is 18.2 Å². The van der Waals surface area contributed by atoms with E-state index in [2.05, 4.69) is 10.5 Å². The number of hydrogen-bond acceptors (Lipinski definition) is 3. The standard InChI is InChI=1S/C17H15N3O2/c1-20-11-13(15-4-2-3-5-16(15)20)10-18-19-17(22)12-6-8-14(21)9-7-12/h2-11,21H,1H3,(H,19,22)/b18-10-. The third-order valence-electron chi connectivity index (χ3n) is 3.43. The Bertz CT molecular complexity index is 848. The third-order valence-corrected chi connectivity index (χ3v) is 3.43. The fourth-order valence-electron chi connectivity index (χ4n) is 2.31. The number of rotatable bonds is 3. The highest BCUT2D eigenvalue weighted by atomic mass is 16.3.